The maximum atomic E-state index is 13.7. The van der Waals surface area contributed by atoms with Crippen LogP contribution in [0.25, 0.3) is 0 Å². The van der Waals surface area contributed by atoms with Crippen LogP contribution in [0.4, 0.5) is 8.78 Å². The Kier molecular flexibility index (Phi) is 6.89. The van der Waals surface area contributed by atoms with Crippen molar-refractivity contribution in [3.63, 3.8) is 0 Å². The Morgan fingerprint density at radius 3 is 2.12 bits per heavy atom. The second-order valence-corrected chi connectivity index (χ2v) is 9.45. The first-order chi connectivity index (χ1) is 16.1. The van der Waals surface area contributed by atoms with Crippen LogP contribution < -0.4 is 20.1 Å². The molecule has 3 fully saturated rings. The van der Waals surface area contributed by atoms with Gasteiger partial charge in [0.25, 0.3) is 11.8 Å². The first kappa shape index (κ1) is 24.5. The Morgan fingerprint density at radius 1 is 0.971 bits per heavy atom. The zero-order valence-electron chi connectivity index (χ0n) is 18.1. The lowest BCUT2D eigenvalue weighted by molar-refractivity contribution is -0.155. The third-order valence-corrected chi connectivity index (χ3v) is 6.48. The van der Waals surface area contributed by atoms with Crippen LogP contribution in [-0.2, 0) is 14.3 Å². The van der Waals surface area contributed by atoms with Crippen molar-refractivity contribution in [2.24, 2.45) is 0 Å². The third kappa shape index (κ3) is 5.21. The van der Waals surface area contributed by atoms with Crippen molar-refractivity contribution in [2.45, 2.75) is 36.4 Å². The van der Waals surface area contributed by atoms with Crippen molar-refractivity contribution in [2.75, 3.05) is 20.3 Å². The number of halogens is 4. The van der Waals surface area contributed by atoms with Crippen LogP contribution in [0.3, 0.4) is 0 Å². The highest BCUT2D eigenvalue weighted by Crippen LogP contribution is 2.60. The van der Waals surface area contributed by atoms with Crippen LogP contribution in [0, 0.1) is 11.6 Å². The van der Waals surface area contributed by atoms with Gasteiger partial charge in [0.2, 0.25) is 0 Å². The molecule has 1 atom stereocenters. The second kappa shape index (κ2) is 9.56. The first-order valence-electron chi connectivity index (χ1n) is 10.4. The summed E-state index contributed by atoms with van der Waals surface area (Å²) in [4.78, 5) is 25.0. The first-order valence-corrected chi connectivity index (χ1v) is 11.2. The molecular formula is C23H22Cl2F2N2O5. The fourth-order valence-corrected chi connectivity index (χ4v) is 4.71. The van der Waals surface area contributed by atoms with E-state index in [1.54, 1.807) is 0 Å². The molecule has 0 saturated heterocycles. The Labute approximate surface area is 204 Å². The minimum absolute atomic E-state index is 0.0310. The SMILES string of the molecule is COCC(Oc1ccc(Cl)c(F)c1)C(=O)NC12CC(NC(=O)COc3ccc(Cl)c(F)c3)(C1)C2. The molecule has 2 N–H and O–H groups in total. The molecule has 0 aromatic heterocycles. The Balaban J connectivity index is 1.25. The van der Waals surface area contributed by atoms with Crippen LogP contribution in [0.2, 0.25) is 10.0 Å². The fourth-order valence-electron chi connectivity index (χ4n) is 4.47. The standard InChI is InChI=1S/C23H22Cl2F2N2O5/c1-32-8-19(34-14-3-5-16(25)18(27)7-14)21(31)29-23-10-22(11-23,12-23)28-20(30)9-33-13-2-4-15(24)17(26)6-13/h2-7,19H,8-12H2,1H3,(H,28,30)(H,29,31). The van der Waals surface area contributed by atoms with E-state index in [0.29, 0.717) is 19.3 Å². The highest BCUT2D eigenvalue weighted by Gasteiger charge is 2.69. The number of carbonyl (C=O) groups is 2. The fraction of sp³-hybridized carbons (Fsp3) is 0.391. The summed E-state index contributed by atoms with van der Waals surface area (Å²) in [5, 5.41) is 5.79. The molecular weight excluding hydrogens is 493 g/mol. The number of hydrogen-bond acceptors (Lipinski definition) is 5. The molecule has 5 rings (SSSR count). The van der Waals surface area contributed by atoms with Crippen LogP contribution >= 0.6 is 23.2 Å². The van der Waals surface area contributed by atoms with E-state index in [4.69, 9.17) is 37.4 Å². The van der Waals surface area contributed by atoms with Gasteiger partial charge in [-0.1, -0.05) is 23.2 Å². The summed E-state index contributed by atoms with van der Waals surface area (Å²) in [5.41, 5.74) is -0.846. The molecule has 7 nitrogen and oxygen atoms in total. The monoisotopic (exact) mass is 514 g/mol. The molecule has 2 bridgehead atoms. The van der Waals surface area contributed by atoms with Gasteiger partial charge < -0.3 is 24.8 Å². The molecule has 11 heteroatoms. The van der Waals surface area contributed by atoms with E-state index in [1.807, 2.05) is 0 Å². The van der Waals surface area contributed by atoms with Gasteiger partial charge in [0, 0.05) is 30.3 Å². The molecule has 2 amide bonds. The molecule has 1 unspecified atom stereocenters. The predicted octanol–water partition coefficient (Wildman–Crippen LogP) is 3.65. The largest absolute Gasteiger partial charge is 0.484 e. The molecule has 0 aliphatic heterocycles. The molecule has 34 heavy (non-hydrogen) atoms. The Hall–Kier alpha value is -2.62. The van der Waals surface area contributed by atoms with Gasteiger partial charge in [-0.3, -0.25) is 9.59 Å². The lowest BCUT2D eigenvalue weighted by Gasteiger charge is -2.70. The average molecular weight is 515 g/mol. The molecule has 182 valence electrons. The summed E-state index contributed by atoms with van der Waals surface area (Å²) in [6, 6.07) is 7.84. The van der Waals surface area contributed by atoms with E-state index in [0.717, 1.165) is 12.1 Å². The van der Waals surface area contributed by atoms with E-state index >= 15 is 0 Å². The highest BCUT2D eigenvalue weighted by atomic mass is 35.5. The van der Waals surface area contributed by atoms with Gasteiger partial charge in [-0.25, -0.2) is 8.78 Å². The highest BCUT2D eigenvalue weighted by molar-refractivity contribution is 6.31. The number of hydrogen-bond donors (Lipinski definition) is 2. The predicted molar refractivity (Wildman–Crippen MR) is 120 cm³/mol. The quantitative estimate of drug-likeness (QED) is 0.505. The summed E-state index contributed by atoms with van der Waals surface area (Å²) >= 11 is 11.3. The number of ether oxygens (including phenoxy) is 3. The minimum Gasteiger partial charge on any atom is -0.484 e. The number of nitrogens with one attached hydrogen (secondary N) is 2. The van der Waals surface area contributed by atoms with Crippen molar-refractivity contribution >= 4 is 35.0 Å². The number of methoxy groups -OCH3 is 1. The maximum Gasteiger partial charge on any atom is 0.263 e. The molecule has 0 heterocycles. The van der Waals surface area contributed by atoms with Crippen LogP contribution in [0.15, 0.2) is 36.4 Å². The van der Waals surface area contributed by atoms with Gasteiger partial charge in [-0.05, 0) is 43.5 Å². The van der Waals surface area contributed by atoms with Crippen LogP contribution in [-0.4, -0.2) is 49.3 Å². The maximum absolute atomic E-state index is 13.7. The van der Waals surface area contributed by atoms with Crippen molar-refractivity contribution in [1.82, 2.24) is 10.6 Å². The molecule has 3 aliphatic rings. The minimum atomic E-state index is -0.988. The van der Waals surface area contributed by atoms with E-state index in [1.165, 1.54) is 31.4 Å². The lowest BCUT2D eigenvalue weighted by atomic mass is 9.44. The van der Waals surface area contributed by atoms with Gasteiger partial charge in [0.1, 0.15) is 23.1 Å². The topological polar surface area (TPSA) is 85.9 Å². The van der Waals surface area contributed by atoms with Gasteiger partial charge >= 0.3 is 0 Å². The van der Waals surface area contributed by atoms with Crippen molar-refractivity contribution in [1.29, 1.82) is 0 Å². The Bertz CT molecular complexity index is 1100. The molecule has 3 saturated carbocycles. The van der Waals surface area contributed by atoms with Gasteiger partial charge in [-0.15, -0.1) is 0 Å². The van der Waals surface area contributed by atoms with Crippen molar-refractivity contribution in [3.05, 3.63) is 58.1 Å². The molecule has 3 aliphatic carbocycles. The van der Waals surface area contributed by atoms with E-state index in [2.05, 4.69) is 10.6 Å². The molecule has 0 spiro atoms. The van der Waals surface area contributed by atoms with Gasteiger partial charge in [0.15, 0.2) is 12.7 Å². The van der Waals surface area contributed by atoms with Crippen LogP contribution in [0.5, 0.6) is 11.5 Å². The van der Waals surface area contributed by atoms with Gasteiger partial charge in [-0.2, -0.15) is 0 Å². The van der Waals surface area contributed by atoms with Crippen molar-refractivity contribution < 1.29 is 32.6 Å². The van der Waals surface area contributed by atoms with Crippen LogP contribution in [0.1, 0.15) is 19.3 Å². The summed E-state index contributed by atoms with van der Waals surface area (Å²) in [6.07, 6.45) is 0.686. The molecule has 2 aromatic carbocycles. The molecule has 0 radical (unpaired) electrons. The number of carbonyl (C=O) groups excluding carboxylic acids is 2. The van der Waals surface area contributed by atoms with Gasteiger partial charge in [0.05, 0.1) is 16.7 Å². The zero-order chi connectivity index (χ0) is 24.5. The number of benzene rings is 2. The van der Waals surface area contributed by atoms with E-state index < -0.39 is 34.7 Å². The zero-order valence-corrected chi connectivity index (χ0v) is 19.6. The normalized spacial score (nSPS) is 23.2. The van der Waals surface area contributed by atoms with Crippen molar-refractivity contribution in [3.8, 4) is 11.5 Å². The molecule has 2 aromatic rings. The number of amides is 2. The second-order valence-electron chi connectivity index (χ2n) is 8.63. The average Bonchev–Trinajstić information content (AvgIpc) is 2.74. The van der Waals surface area contributed by atoms with E-state index in [-0.39, 0.29) is 40.7 Å². The van der Waals surface area contributed by atoms with E-state index in [9.17, 15) is 18.4 Å². The summed E-state index contributed by atoms with van der Waals surface area (Å²) in [6.45, 7) is -0.305. The smallest absolute Gasteiger partial charge is 0.263 e. The third-order valence-electron chi connectivity index (χ3n) is 5.86. The lowest BCUT2D eigenvalue weighted by Crippen LogP contribution is -2.84. The summed E-state index contributed by atoms with van der Waals surface area (Å²) in [7, 11) is 1.43. The summed E-state index contributed by atoms with van der Waals surface area (Å²) in [5.74, 6) is -1.68. The number of rotatable bonds is 10. The summed E-state index contributed by atoms with van der Waals surface area (Å²) < 4.78 is 43.1. The Morgan fingerprint density at radius 2 is 1.53 bits per heavy atom.